The monoisotopic (exact) mass is 496 g/mol. The van der Waals surface area contributed by atoms with Crippen LogP contribution in [0.25, 0.3) is 0 Å². The number of anilines is 1. The van der Waals surface area contributed by atoms with Gasteiger partial charge in [-0.1, -0.05) is 30.3 Å². The predicted molar refractivity (Wildman–Crippen MR) is 136 cm³/mol. The highest BCUT2D eigenvalue weighted by Gasteiger charge is 2.27. The molecule has 0 radical (unpaired) electrons. The van der Waals surface area contributed by atoms with Crippen LogP contribution in [0, 0.1) is 13.8 Å². The fourth-order valence-electron chi connectivity index (χ4n) is 3.67. The van der Waals surface area contributed by atoms with E-state index in [1.54, 1.807) is 13.0 Å². The van der Waals surface area contributed by atoms with Crippen molar-refractivity contribution in [3.8, 4) is 0 Å². The van der Waals surface area contributed by atoms with E-state index >= 15 is 0 Å². The maximum Gasteiger partial charge on any atom is 0.242 e. The van der Waals surface area contributed by atoms with Crippen LogP contribution in [-0.4, -0.2) is 53.4 Å². The lowest BCUT2D eigenvalue weighted by Crippen LogP contribution is -2.59. The van der Waals surface area contributed by atoms with Crippen LogP contribution in [-0.2, 0) is 22.7 Å². The Labute approximate surface area is 207 Å². The Morgan fingerprint density at radius 2 is 1.91 bits per heavy atom. The number of aromatic nitrogens is 1. The molecule has 2 aromatic rings. The fourth-order valence-corrected chi connectivity index (χ4v) is 3.67. The Morgan fingerprint density at radius 3 is 2.61 bits per heavy atom. The van der Waals surface area contributed by atoms with Crippen LogP contribution in [0.4, 0.5) is 5.82 Å². The molecule has 8 nitrogen and oxygen atoms in total. The zero-order chi connectivity index (χ0) is 22.4. The van der Waals surface area contributed by atoms with E-state index in [0.717, 1.165) is 30.9 Å². The van der Waals surface area contributed by atoms with Crippen molar-refractivity contribution in [3.63, 3.8) is 0 Å². The highest BCUT2D eigenvalue weighted by molar-refractivity contribution is 5.89. The van der Waals surface area contributed by atoms with Crippen LogP contribution in [0.1, 0.15) is 29.3 Å². The Kier molecular flexibility index (Phi) is 11.6. The van der Waals surface area contributed by atoms with E-state index in [1.165, 1.54) is 11.1 Å². The number of carbonyl (C=O) groups is 2. The van der Waals surface area contributed by atoms with Gasteiger partial charge >= 0.3 is 0 Å². The molecule has 0 spiro atoms. The summed E-state index contributed by atoms with van der Waals surface area (Å²) in [7, 11) is 0. The lowest BCUT2D eigenvalue weighted by atomic mass is 10.1. The van der Waals surface area contributed by atoms with Gasteiger partial charge in [0.15, 0.2) is 0 Å². The van der Waals surface area contributed by atoms with Gasteiger partial charge in [-0.25, -0.2) is 4.98 Å². The molecule has 2 amide bonds. The zero-order valence-corrected chi connectivity index (χ0v) is 20.9. The van der Waals surface area contributed by atoms with Crippen molar-refractivity contribution in [2.24, 2.45) is 0 Å². The first-order valence-electron chi connectivity index (χ1n) is 10.6. The van der Waals surface area contributed by atoms with Crippen LogP contribution in [0.2, 0.25) is 0 Å². The first-order chi connectivity index (χ1) is 14.8. The number of nitrogens with zero attached hydrogens (tertiary/aromatic N) is 2. The second-order valence-electron chi connectivity index (χ2n) is 8.10. The van der Waals surface area contributed by atoms with Crippen LogP contribution < -0.4 is 21.7 Å². The Hall–Kier alpha value is -2.39. The van der Waals surface area contributed by atoms with Crippen LogP contribution in [0.15, 0.2) is 36.4 Å². The molecule has 2 unspecified atom stereocenters. The van der Waals surface area contributed by atoms with Gasteiger partial charge in [-0.05, 0) is 43.5 Å². The maximum absolute atomic E-state index is 12.7. The maximum atomic E-state index is 12.7. The van der Waals surface area contributed by atoms with Gasteiger partial charge in [0.1, 0.15) is 11.9 Å². The Bertz CT molecular complexity index is 943. The minimum Gasteiger partial charge on any atom is -0.384 e. The van der Waals surface area contributed by atoms with E-state index in [9.17, 15) is 9.59 Å². The van der Waals surface area contributed by atoms with Gasteiger partial charge in [-0.15, -0.1) is 24.8 Å². The molecular weight excluding hydrogens is 463 g/mol. The summed E-state index contributed by atoms with van der Waals surface area (Å²) in [5.41, 5.74) is 9.84. The molecule has 0 aliphatic carbocycles. The number of hydrogen-bond donors (Lipinski definition) is 4. The molecule has 1 fully saturated rings. The van der Waals surface area contributed by atoms with Gasteiger partial charge in [0, 0.05) is 38.4 Å². The second-order valence-corrected chi connectivity index (χ2v) is 8.10. The number of amides is 2. The molecule has 1 aromatic carbocycles. The van der Waals surface area contributed by atoms with Crippen molar-refractivity contribution in [1.29, 1.82) is 0 Å². The first-order valence-corrected chi connectivity index (χ1v) is 10.6. The summed E-state index contributed by atoms with van der Waals surface area (Å²) in [6.07, 6.45) is 0. The largest absolute Gasteiger partial charge is 0.384 e. The summed E-state index contributed by atoms with van der Waals surface area (Å²) < 4.78 is 0. The summed E-state index contributed by atoms with van der Waals surface area (Å²) in [5.74, 6) is 0.0456. The molecule has 0 bridgehead atoms. The SMILES string of the molecule is Cc1ccccc1CN1CCNC(C(=O)NC(C)C(=O)NCc2ccc(N)nc2C)C1.Cl.Cl. The lowest BCUT2D eigenvalue weighted by Gasteiger charge is -2.33. The van der Waals surface area contributed by atoms with Gasteiger partial charge in [-0.2, -0.15) is 0 Å². The number of benzene rings is 1. The van der Waals surface area contributed by atoms with Crippen molar-refractivity contribution in [3.05, 3.63) is 58.8 Å². The number of nitrogens with two attached hydrogens (primary N) is 1. The molecule has 5 N–H and O–H groups in total. The zero-order valence-electron chi connectivity index (χ0n) is 19.3. The van der Waals surface area contributed by atoms with Crippen molar-refractivity contribution in [1.82, 2.24) is 25.8 Å². The predicted octanol–water partition coefficient (Wildman–Crippen LogP) is 1.72. The Morgan fingerprint density at radius 1 is 1.18 bits per heavy atom. The molecule has 3 rings (SSSR count). The van der Waals surface area contributed by atoms with E-state index in [-0.39, 0.29) is 42.7 Å². The van der Waals surface area contributed by atoms with Crippen LogP contribution >= 0.6 is 24.8 Å². The lowest BCUT2D eigenvalue weighted by molar-refractivity contribution is -0.130. The third-order valence-corrected chi connectivity index (χ3v) is 5.65. The van der Waals surface area contributed by atoms with E-state index in [0.29, 0.717) is 18.9 Å². The fraction of sp³-hybridized carbons (Fsp3) is 0.435. The minimum absolute atomic E-state index is 0. The second kappa shape index (κ2) is 13.3. The smallest absolute Gasteiger partial charge is 0.242 e. The third-order valence-electron chi connectivity index (χ3n) is 5.65. The topological polar surface area (TPSA) is 112 Å². The highest BCUT2D eigenvalue weighted by atomic mass is 35.5. The van der Waals surface area contributed by atoms with Crippen molar-refractivity contribution < 1.29 is 9.59 Å². The number of pyridine rings is 1. The van der Waals surface area contributed by atoms with Crippen LogP contribution in [0.5, 0.6) is 0 Å². The number of nitrogens with one attached hydrogen (secondary N) is 3. The number of carbonyl (C=O) groups excluding carboxylic acids is 2. The average Bonchev–Trinajstić information content (AvgIpc) is 2.74. The standard InChI is InChI=1S/C23H32N6O2.2ClH/c1-15-6-4-5-7-19(15)13-29-11-10-25-20(14-29)23(31)28-17(3)22(30)26-12-18-8-9-21(24)27-16(18)2;;/h4-9,17,20,25H,10-14H2,1-3H3,(H2,24,27)(H,26,30)(H,28,31);2*1H. The molecule has 2 atom stereocenters. The van der Waals surface area contributed by atoms with E-state index < -0.39 is 6.04 Å². The summed E-state index contributed by atoms with van der Waals surface area (Å²) in [5, 5.41) is 8.94. The third kappa shape index (κ3) is 8.16. The van der Waals surface area contributed by atoms with E-state index in [1.807, 2.05) is 25.1 Å². The minimum atomic E-state index is -0.636. The average molecular weight is 497 g/mol. The van der Waals surface area contributed by atoms with E-state index in [2.05, 4.69) is 44.9 Å². The van der Waals surface area contributed by atoms with Gasteiger partial charge in [0.2, 0.25) is 11.8 Å². The normalized spacial score (nSPS) is 16.6. The first kappa shape index (κ1) is 28.6. The summed E-state index contributed by atoms with van der Waals surface area (Å²) >= 11 is 0. The van der Waals surface area contributed by atoms with Gasteiger partial charge in [-0.3, -0.25) is 14.5 Å². The van der Waals surface area contributed by atoms with Gasteiger partial charge < -0.3 is 21.7 Å². The molecule has 0 saturated carbocycles. The molecule has 1 aliphatic rings. The number of hydrogen-bond acceptors (Lipinski definition) is 6. The molecular formula is C23H34Cl2N6O2. The Balaban J connectivity index is 0.00000272. The van der Waals surface area contributed by atoms with Crippen molar-refractivity contribution >= 4 is 42.4 Å². The summed E-state index contributed by atoms with van der Waals surface area (Å²) in [4.78, 5) is 31.7. The molecule has 2 heterocycles. The number of halogens is 2. The quantitative estimate of drug-likeness (QED) is 0.464. The van der Waals surface area contributed by atoms with Crippen molar-refractivity contribution in [2.75, 3.05) is 25.4 Å². The number of aryl methyl sites for hydroxylation is 2. The molecule has 10 heteroatoms. The molecule has 1 aromatic heterocycles. The number of rotatable bonds is 7. The van der Waals surface area contributed by atoms with Gasteiger partial charge in [0.25, 0.3) is 0 Å². The van der Waals surface area contributed by atoms with Crippen molar-refractivity contribution in [2.45, 2.75) is 45.9 Å². The van der Waals surface area contributed by atoms with E-state index in [4.69, 9.17) is 5.73 Å². The molecule has 33 heavy (non-hydrogen) atoms. The van der Waals surface area contributed by atoms with Crippen LogP contribution in [0.3, 0.4) is 0 Å². The van der Waals surface area contributed by atoms with Gasteiger partial charge in [0.05, 0.1) is 6.04 Å². The number of nitrogen functional groups attached to an aromatic ring is 1. The molecule has 1 aliphatic heterocycles. The molecule has 1 saturated heterocycles. The highest BCUT2D eigenvalue weighted by Crippen LogP contribution is 2.12. The summed E-state index contributed by atoms with van der Waals surface area (Å²) in [6, 6.07) is 10.9. The summed E-state index contributed by atoms with van der Waals surface area (Å²) in [6.45, 7) is 8.99. The number of piperazine rings is 1. The molecule has 182 valence electrons.